The molecule has 2 N–H and O–H groups in total. The minimum atomic E-state index is -1.34. The molecule has 0 amide bonds. The summed E-state index contributed by atoms with van der Waals surface area (Å²) in [5.41, 5.74) is 0.238. The first kappa shape index (κ1) is 11.9. The van der Waals surface area contributed by atoms with Crippen LogP contribution in [0.5, 0.6) is 5.75 Å². The summed E-state index contributed by atoms with van der Waals surface area (Å²) in [6.07, 6.45) is 1.04. The van der Waals surface area contributed by atoms with Crippen LogP contribution in [0, 0.1) is 5.92 Å². The minimum absolute atomic E-state index is 0.426. The van der Waals surface area contributed by atoms with Gasteiger partial charge in [-0.05, 0) is 31.4 Å². The van der Waals surface area contributed by atoms with E-state index in [2.05, 4.69) is 0 Å². The van der Waals surface area contributed by atoms with Gasteiger partial charge in [-0.25, -0.2) is 0 Å². The van der Waals surface area contributed by atoms with Crippen molar-refractivity contribution < 1.29 is 19.7 Å². The topological polar surface area (TPSA) is 66.8 Å². The Hall–Kier alpha value is -1.55. The van der Waals surface area contributed by atoms with Crippen molar-refractivity contribution in [3.63, 3.8) is 0 Å². The summed E-state index contributed by atoms with van der Waals surface area (Å²) in [5, 5.41) is 19.6. The molecule has 4 nitrogen and oxygen atoms in total. The number of aliphatic carboxylic acids is 1. The molecular formula is C13H16O4. The number of aliphatic hydroxyl groups is 1. The van der Waals surface area contributed by atoms with Gasteiger partial charge < -0.3 is 14.9 Å². The molecule has 0 bridgehead atoms. The minimum Gasteiger partial charge on any atom is -0.496 e. The Morgan fingerprint density at radius 2 is 2.24 bits per heavy atom. The molecule has 0 fully saturated rings. The molecule has 0 saturated heterocycles. The van der Waals surface area contributed by atoms with Crippen LogP contribution in [0.15, 0.2) is 18.2 Å². The number of fused-ring (bicyclic) bond motifs is 1. The van der Waals surface area contributed by atoms with Crippen molar-refractivity contribution in [1.29, 1.82) is 0 Å². The van der Waals surface area contributed by atoms with E-state index in [-0.39, 0.29) is 0 Å². The molecule has 1 aliphatic carbocycles. The van der Waals surface area contributed by atoms with E-state index in [1.807, 2.05) is 6.07 Å². The van der Waals surface area contributed by atoms with E-state index < -0.39 is 17.5 Å². The summed E-state index contributed by atoms with van der Waals surface area (Å²) in [6.45, 7) is 1.56. The Morgan fingerprint density at radius 3 is 2.82 bits per heavy atom. The number of rotatable bonds is 2. The van der Waals surface area contributed by atoms with Crippen LogP contribution in [0.25, 0.3) is 0 Å². The Bertz CT molecular complexity index is 451. The second-order valence-electron chi connectivity index (χ2n) is 4.56. The van der Waals surface area contributed by atoms with Gasteiger partial charge in [0.1, 0.15) is 11.4 Å². The molecule has 0 aliphatic heterocycles. The molecule has 4 heteroatoms. The fourth-order valence-corrected chi connectivity index (χ4v) is 2.61. The summed E-state index contributed by atoms with van der Waals surface area (Å²) < 4.78 is 5.24. The number of benzene rings is 1. The molecule has 0 unspecified atom stereocenters. The van der Waals surface area contributed by atoms with E-state index in [0.717, 1.165) is 5.56 Å². The average Bonchev–Trinajstić information content (AvgIpc) is 2.27. The first-order valence-electron chi connectivity index (χ1n) is 5.60. The van der Waals surface area contributed by atoms with E-state index in [0.29, 0.717) is 24.2 Å². The molecule has 2 atom stereocenters. The first-order chi connectivity index (χ1) is 7.98. The Morgan fingerprint density at radius 1 is 1.53 bits per heavy atom. The zero-order valence-corrected chi connectivity index (χ0v) is 9.93. The normalized spacial score (nSPS) is 27.4. The van der Waals surface area contributed by atoms with Gasteiger partial charge in [0, 0.05) is 5.56 Å². The molecule has 0 saturated carbocycles. The lowest BCUT2D eigenvalue weighted by Crippen LogP contribution is -2.41. The standard InChI is InChI=1S/C13H16O4/c1-13(16)9-4-3-5-11(17-2)8(9)6-7-10(13)12(14)15/h3-5,10,16H,6-7H2,1-2H3,(H,14,15)/t10-,13+/m1/s1. The fourth-order valence-electron chi connectivity index (χ4n) is 2.61. The highest BCUT2D eigenvalue weighted by molar-refractivity contribution is 5.73. The fraction of sp³-hybridized carbons (Fsp3) is 0.462. The Labute approximate surface area is 99.8 Å². The number of carbonyl (C=O) groups is 1. The van der Waals surface area contributed by atoms with E-state index in [1.54, 1.807) is 26.2 Å². The maximum Gasteiger partial charge on any atom is 0.309 e. The van der Waals surface area contributed by atoms with Gasteiger partial charge in [0.25, 0.3) is 0 Å². The smallest absolute Gasteiger partial charge is 0.309 e. The van der Waals surface area contributed by atoms with Gasteiger partial charge in [-0.15, -0.1) is 0 Å². The second-order valence-corrected chi connectivity index (χ2v) is 4.56. The maximum absolute atomic E-state index is 11.1. The van der Waals surface area contributed by atoms with Crippen LogP contribution in [-0.2, 0) is 16.8 Å². The van der Waals surface area contributed by atoms with Crippen LogP contribution in [0.1, 0.15) is 24.5 Å². The van der Waals surface area contributed by atoms with Gasteiger partial charge >= 0.3 is 5.97 Å². The quantitative estimate of drug-likeness (QED) is 0.817. The summed E-state index contributed by atoms with van der Waals surface area (Å²) in [4.78, 5) is 11.1. The molecule has 1 aromatic carbocycles. The van der Waals surface area contributed by atoms with Gasteiger partial charge in [0.05, 0.1) is 13.0 Å². The molecular weight excluding hydrogens is 220 g/mol. The lowest BCUT2D eigenvalue weighted by molar-refractivity contribution is -0.153. The first-order valence-corrected chi connectivity index (χ1v) is 5.60. The van der Waals surface area contributed by atoms with Crippen LogP contribution in [0.4, 0.5) is 0 Å². The highest BCUT2D eigenvalue weighted by Gasteiger charge is 2.43. The largest absolute Gasteiger partial charge is 0.496 e. The van der Waals surface area contributed by atoms with Gasteiger partial charge in [-0.3, -0.25) is 4.79 Å². The van der Waals surface area contributed by atoms with Crippen molar-refractivity contribution in [1.82, 2.24) is 0 Å². The number of hydrogen-bond acceptors (Lipinski definition) is 3. The maximum atomic E-state index is 11.1. The Kier molecular flexibility index (Phi) is 2.83. The summed E-state index contributed by atoms with van der Waals surface area (Å²) in [5.74, 6) is -1.00. The molecule has 92 valence electrons. The number of hydrogen-bond donors (Lipinski definition) is 2. The third-order valence-electron chi connectivity index (χ3n) is 3.56. The highest BCUT2D eigenvalue weighted by atomic mass is 16.5. The molecule has 0 radical (unpaired) electrons. The number of ether oxygens (including phenoxy) is 1. The monoisotopic (exact) mass is 236 g/mol. The summed E-state index contributed by atoms with van der Waals surface area (Å²) in [6, 6.07) is 5.37. The van der Waals surface area contributed by atoms with Crippen LogP contribution in [0.2, 0.25) is 0 Å². The van der Waals surface area contributed by atoms with Crippen molar-refractivity contribution in [2.45, 2.75) is 25.4 Å². The van der Waals surface area contributed by atoms with E-state index in [1.165, 1.54) is 0 Å². The third-order valence-corrected chi connectivity index (χ3v) is 3.56. The SMILES string of the molecule is COc1cccc2c1CC[C@H](C(=O)O)[C@@]2(C)O. The van der Waals surface area contributed by atoms with Crippen LogP contribution in [-0.4, -0.2) is 23.3 Å². The molecule has 1 aromatic rings. The zero-order valence-electron chi connectivity index (χ0n) is 9.93. The number of methoxy groups -OCH3 is 1. The molecule has 0 spiro atoms. The zero-order chi connectivity index (χ0) is 12.6. The highest BCUT2D eigenvalue weighted by Crippen LogP contribution is 2.42. The van der Waals surface area contributed by atoms with Crippen molar-refractivity contribution in [3.8, 4) is 5.75 Å². The third kappa shape index (κ3) is 1.78. The van der Waals surface area contributed by atoms with Crippen molar-refractivity contribution in [3.05, 3.63) is 29.3 Å². The molecule has 0 heterocycles. The van der Waals surface area contributed by atoms with Crippen molar-refractivity contribution in [2.24, 2.45) is 5.92 Å². The van der Waals surface area contributed by atoms with Crippen LogP contribution >= 0.6 is 0 Å². The van der Waals surface area contributed by atoms with Gasteiger partial charge in [0.2, 0.25) is 0 Å². The molecule has 1 aliphatic rings. The predicted octanol–water partition coefficient (Wildman–Crippen LogP) is 1.55. The summed E-state index contributed by atoms with van der Waals surface area (Å²) in [7, 11) is 1.58. The average molecular weight is 236 g/mol. The predicted molar refractivity (Wildman–Crippen MR) is 62.0 cm³/mol. The van der Waals surface area contributed by atoms with Gasteiger partial charge in [0.15, 0.2) is 0 Å². The molecule has 0 aromatic heterocycles. The van der Waals surface area contributed by atoms with Gasteiger partial charge in [-0.1, -0.05) is 12.1 Å². The lowest BCUT2D eigenvalue weighted by Gasteiger charge is -2.37. The Balaban J connectivity index is 2.54. The van der Waals surface area contributed by atoms with E-state index in [4.69, 9.17) is 9.84 Å². The number of carboxylic acid groups (broad SMARTS) is 1. The van der Waals surface area contributed by atoms with Crippen LogP contribution in [0.3, 0.4) is 0 Å². The molecule has 2 rings (SSSR count). The van der Waals surface area contributed by atoms with Crippen molar-refractivity contribution in [2.75, 3.05) is 7.11 Å². The van der Waals surface area contributed by atoms with Gasteiger partial charge in [-0.2, -0.15) is 0 Å². The summed E-state index contributed by atoms with van der Waals surface area (Å²) >= 11 is 0. The van der Waals surface area contributed by atoms with E-state index in [9.17, 15) is 9.90 Å². The second kappa shape index (κ2) is 4.04. The van der Waals surface area contributed by atoms with Crippen molar-refractivity contribution >= 4 is 5.97 Å². The number of carboxylic acids is 1. The lowest BCUT2D eigenvalue weighted by atomic mass is 9.72. The van der Waals surface area contributed by atoms with E-state index >= 15 is 0 Å². The van der Waals surface area contributed by atoms with Crippen LogP contribution < -0.4 is 4.74 Å². The molecule has 17 heavy (non-hydrogen) atoms.